The molecule has 0 radical (unpaired) electrons. The first-order chi connectivity index (χ1) is 16.4. The Kier molecular flexibility index (Phi) is 7.75. The Hall–Kier alpha value is -2.62. The van der Waals surface area contributed by atoms with Crippen LogP contribution in [0, 0.1) is 0 Å². The first kappa shape index (κ1) is 24.5. The van der Waals surface area contributed by atoms with Crippen LogP contribution in [0.3, 0.4) is 0 Å². The molecule has 184 valence electrons. The van der Waals surface area contributed by atoms with Crippen molar-refractivity contribution in [3.05, 3.63) is 48.5 Å². The van der Waals surface area contributed by atoms with E-state index in [0.717, 1.165) is 56.9 Å². The molecule has 0 bridgehead atoms. The number of hydrogen-bond acceptors (Lipinski definition) is 6. The molecule has 1 unspecified atom stereocenters. The fourth-order valence-electron chi connectivity index (χ4n) is 4.62. The zero-order chi connectivity index (χ0) is 24.1. The molecule has 1 N–H and O–H groups in total. The molecule has 9 heteroatoms. The number of anilines is 2. The maximum absolute atomic E-state index is 12.9. The molecule has 8 nitrogen and oxygen atoms in total. The number of carbonyl (C=O) groups excluding carboxylic acids is 1. The van der Waals surface area contributed by atoms with Gasteiger partial charge in [-0.3, -0.25) is 9.69 Å². The second kappa shape index (κ2) is 10.8. The summed E-state index contributed by atoms with van der Waals surface area (Å²) in [7, 11) is -1.80. The highest BCUT2D eigenvalue weighted by Crippen LogP contribution is 2.28. The van der Waals surface area contributed by atoms with Crippen LogP contribution in [0.1, 0.15) is 26.2 Å². The third kappa shape index (κ3) is 5.37. The summed E-state index contributed by atoms with van der Waals surface area (Å²) in [6, 6.07) is 14.2. The lowest BCUT2D eigenvalue weighted by Gasteiger charge is -2.38. The largest absolute Gasteiger partial charge is 0.495 e. The van der Waals surface area contributed by atoms with Gasteiger partial charge in [0.1, 0.15) is 5.75 Å². The fourth-order valence-corrected chi connectivity index (χ4v) is 6.14. The molecule has 2 aromatic carbocycles. The number of carbonyl (C=O) groups is 1. The second-order valence-corrected chi connectivity index (χ2v) is 10.8. The van der Waals surface area contributed by atoms with Crippen molar-refractivity contribution in [1.82, 2.24) is 9.21 Å². The monoisotopic (exact) mass is 486 g/mol. The van der Waals surface area contributed by atoms with Crippen molar-refractivity contribution in [3.8, 4) is 5.75 Å². The van der Waals surface area contributed by atoms with Crippen LogP contribution in [0.4, 0.5) is 11.4 Å². The first-order valence-corrected chi connectivity index (χ1v) is 13.4. The number of methoxy groups -OCH3 is 1. The summed E-state index contributed by atoms with van der Waals surface area (Å²) in [6.07, 6.45) is 2.88. The lowest BCUT2D eigenvalue weighted by atomic mass is 10.2. The minimum Gasteiger partial charge on any atom is -0.495 e. The molecule has 0 saturated carbocycles. The minimum absolute atomic E-state index is 0.0996. The van der Waals surface area contributed by atoms with Crippen LogP contribution in [-0.4, -0.2) is 76.0 Å². The minimum atomic E-state index is -3.48. The van der Waals surface area contributed by atoms with Crippen molar-refractivity contribution < 1.29 is 17.9 Å². The summed E-state index contributed by atoms with van der Waals surface area (Å²) in [6.45, 7) is 6.19. The number of piperazine rings is 1. The molecule has 0 aromatic heterocycles. The highest BCUT2D eigenvalue weighted by molar-refractivity contribution is 7.89. The Morgan fingerprint density at radius 3 is 2.21 bits per heavy atom. The Labute approximate surface area is 202 Å². The van der Waals surface area contributed by atoms with Gasteiger partial charge in [0.25, 0.3) is 0 Å². The predicted molar refractivity (Wildman–Crippen MR) is 134 cm³/mol. The van der Waals surface area contributed by atoms with Gasteiger partial charge in [-0.2, -0.15) is 4.31 Å². The molecule has 1 atom stereocenters. The topological polar surface area (TPSA) is 82.2 Å². The van der Waals surface area contributed by atoms with Gasteiger partial charge in [0.15, 0.2) is 0 Å². The number of rotatable bonds is 7. The molecule has 2 fully saturated rings. The van der Waals surface area contributed by atoms with E-state index in [4.69, 9.17) is 4.74 Å². The highest BCUT2D eigenvalue weighted by atomic mass is 32.2. The SMILES string of the molecule is COc1ccccc1N1CCN(C(C)C(=O)Nc2ccc(S(=O)(=O)N3CCCCC3)cc2)CC1. The average molecular weight is 487 g/mol. The van der Waals surface area contributed by atoms with E-state index in [-0.39, 0.29) is 16.8 Å². The van der Waals surface area contributed by atoms with Crippen LogP contribution in [-0.2, 0) is 14.8 Å². The Balaban J connectivity index is 1.32. The number of nitrogens with one attached hydrogen (secondary N) is 1. The van der Waals surface area contributed by atoms with Crippen molar-refractivity contribution in [2.24, 2.45) is 0 Å². The number of para-hydroxylation sites is 2. The molecule has 4 rings (SSSR count). The number of ether oxygens (including phenoxy) is 1. The molecular formula is C25H34N4O4S. The van der Waals surface area contributed by atoms with E-state index in [0.29, 0.717) is 18.8 Å². The summed E-state index contributed by atoms with van der Waals surface area (Å²) >= 11 is 0. The lowest BCUT2D eigenvalue weighted by molar-refractivity contribution is -0.120. The average Bonchev–Trinajstić information content (AvgIpc) is 2.89. The summed E-state index contributed by atoms with van der Waals surface area (Å²) in [4.78, 5) is 17.6. The summed E-state index contributed by atoms with van der Waals surface area (Å²) < 4.78 is 32.7. The van der Waals surface area contributed by atoms with Gasteiger partial charge in [0.05, 0.1) is 23.7 Å². The summed E-state index contributed by atoms with van der Waals surface area (Å²) in [5.74, 6) is 0.755. The Morgan fingerprint density at radius 1 is 0.912 bits per heavy atom. The number of nitrogens with zero attached hydrogens (tertiary/aromatic N) is 3. The molecule has 2 aliphatic heterocycles. The van der Waals surface area contributed by atoms with Gasteiger partial charge < -0.3 is 15.0 Å². The molecular weight excluding hydrogens is 452 g/mol. The molecule has 2 saturated heterocycles. The number of amides is 1. The van der Waals surface area contributed by atoms with Gasteiger partial charge in [0, 0.05) is 45.0 Å². The molecule has 0 aliphatic carbocycles. The van der Waals surface area contributed by atoms with Crippen molar-refractivity contribution in [2.45, 2.75) is 37.1 Å². The molecule has 34 heavy (non-hydrogen) atoms. The van der Waals surface area contributed by atoms with Crippen LogP contribution in [0.25, 0.3) is 0 Å². The fraction of sp³-hybridized carbons (Fsp3) is 0.480. The maximum atomic E-state index is 12.9. The number of hydrogen-bond donors (Lipinski definition) is 1. The number of piperidine rings is 1. The van der Waals surface area contributed by atoms with E-state index in [2.05, 4.69) is 21.2 Å². The summed E-state index contributed by atoms with van der Waals surface area (Å²) in [5, 5.41) is 2.94. The zero-order valence-corrected chi connectivity index (χ0v) is 20.8. The van der Waals surface area contributed by atoms with Crippen LogP contribution in [0.5, 0.6) is 5.75 Å². The first-order valence-electron chi connectivity index (χ1n) is 11.9. The van der Waals surface area contributed by atoms with E-state index in [9.17, 15) is 13.2 Å². The van der Waals surface area contributed by atoms with E-state index in [1.807, 2.05) is 25.1 Å². The van der Waals surface area contributed by atoms with E-state index in [1.54, 1.807) is 35.7 Å². The van der Waals surface area contributed by atoms with Gasteiger partial charge >= 0.3 is 0 Å². The summed E-state index contributed by atoms with van der Waals surface area (Å²) in [5.41, 5.74) is 1.67. The quantitative estimate of drug-likeness (QED) is 0.648. The van der Waals surface area contributed by atoms with Crippen LogP contribution >= 0.6 is 0 Å². The third-order valence-corrected chi connectivity index (χ3v) is 8.65. The smallest absolute Gasteiger partial charge is 0.243 e. The third-order valence-electron chi connectivity index (χ3n) is 6.74. The van der Waals surface area contributed by atoms with Crippen LogP contribution < -0.4 is 15.0 Å². The van der Waals surface area contributed by atoms with Gasteiger partial charge in [-0.25, -0.2) is 8.42 Å². The highest BCUT2D eigenvalue weighted by Gasteiger charge is 2.28. The molecule has 2 aromatic rings. The van der Waals surface area contributed by atoms with Gasteiger partial charge in [-0.05, 0) is 56.2 Å². The standard InChI is InChI=1S/C25H34N4O4S/c1-20(27-16-18-28(19-17-27)23-8-4-5-9-24(23)33-2)25(30)26-21-10-12-22(13-11-21)34(31,32)29-14-6-3-7-15-29/h4-5,8-13,20H,3,6-7,14-19H2,1-2H3,(H,26,30). The second-order valence-electron chi connectivity index (χ2n) is 8.85. The molecule has 1 amide bonds. The van der Waals surface area contributed by atoms with Crippen LogP contribution in [0.15, 0.2) is 53.4 Å². The number of sulfonamides is 1. The number of benzene rings is 2. The van der Waals surface area contributed by atoms with Gasteiger partial charge in [-0.1, -0.05) is 18.6 Å². The van der Waals surface area contributed by atoms with E-state index >= 15 is 0 Å². The normalized spacial score (nSPS) is 18.9. The van der Waals surface area contributed by atoms with Gasteiger partial charge in [-0.15, -0.1) is 0 Å². The predicted octanol–water partition coefficient (Wildman–Crippen LogP) is 3.02. The zero-order valence-electron chi connectivity index (χ0n) is 19.9. The van der Waals surface area contributed by atoms with E-state index < -0.39 is 10.0 Å². The van der Waals surface area contributed by atoms with Crippen molar-refractivity contribution in [1.29, 1.82) is 0 Å². The van der Waals surface area contributed by atoms with E-state index in [1.165, 1.54) is 0 Å². The van der Waals surface area contributed by atoms with Crippen molar-refractivity contribution >= 4 is 27.3 Å². The molecule has 0 spiro atoms. The molecule has 2 aliphatic rings. The lowest BCUT2D eigenvalue weighted by Crippen LogP contribution is -2.52. The van der Waals surface area contributed by atoms with Crippen molar-refractivity contribution in [2.75, 3.05) is 56.6 Å². The molecule has 2 heterocycles. The maximum Gasteiger partial charge on any atom is 0.243 e. The van der Waals surface area contributed by atoms with Crippen molar-refractivity contribution in [3.63, 3.8) is 0 Å². The van der Waals surface area contributed by atoms with Crippen LogP contribution in [0.2, 0.25) is 0 Å². The van der Waals surface area contributed by atoms with Gasteiger partial charge in [0.2, 0.25) is 15.9 Å². The Bertz CT molecular complexity index is 1080. The Morgan fingerprint density at radius 2 is 1.56 bits per heavy atom.